The van der Waals surface area contributed by atoms with E-state index in [4.69, 9.17) is 18.9 Å². The Labute approximate surface area is 392 Å². The number of aliphatic hydroxyl groups is 3. The van der Waals surface area contributed by atoms with Gasteiger partial charge in [-0.3, -0.25) is 19.2 Å². The van der Waals surface area contributed by atoms with Crippen LogP contribution in [0, 0.1) is 35.5 Å². The Morgan fingerprint density at radius 2 is 1.62 bits per heavy atom. The van der Waals surface area contributed by atoms with Gasteiger partial charge in [-0.25, -0.2) is 4.79 Å². The van der Waals surface area contributed by atoms with Gasteiger partial charge in [-0.15, -0.1) is 0 Å². The van der Waals surface area contributed by atoms with Gasteiger partial charge in [-0.1, -0.05) is 76.6 Å². The Balaban J connectivity index is 1.70. The molecule has 0 aromatic heterocycles. The molecule has 0 radical (unpaired) electrons. The number of allylic oxidation sites excluding steroid dienone is 6. The van der Waals surface area contributed by atoms with Gasteiger partial charge < -0.3 is 39.2 Å². The molecule has 15 atom stereocenters. The van der Waals surface area contributed by atoms with Crippen LogP contribution in [0.25, 0.3) is 0 Å². The SMILES string of the molecule is COC1C(=O)[C@H](C)C[C@H](C)/C=C/C=C/C=C(\C)C(SC)C[C@@H]2CC[C@@H](C)[C@@](O)(O2)C(=O)C(=O)N2CCCC[C@H]2C(=O)O[C@H]([C@H](C)C[C@@H]2CC[C@@H](O)[C@H](OC)C2)CC(=O)[C@H](C)/C=C(\C)[C@H]1O. The van der Waals surface area contributed by atoms with Crippen LogP contribution in [-0.4, -0.2) is 130 Å². The molecule has 2 saturated heterocycles. The molecule has 1 amide bonds. The quantitative estimate of drug-likeness (QED) is 0.142. The third kappa shape index (κ3) is 14.5. The summed E-state index contributed by atoms with van der Waals surface area (Å²) in [6.07, 6.45) is 14.4. The fourth-order valence-corrected chi connectivity index (χ4v) is 11.0. The van der Waals surface area contributed by atoms with Crippen molar-refractivity contribution in [3.8, 4) is 0 Å². The summed E-state index contributed by atoms with van der Waals surface area (Å²) in [4.78, 5) is 71.9. The third-order valence-corrected chi connectivity index (χ3v) is 15.6. The van der Waals surface area contributed by atoms with Crippen molar-refractivity contribution in [2.24, 2.45) is 35.5 Å². The van der Waals surface area contributed by atoms with E-state index in [0.29, 0.717) is 63.4 Å². The standard InChI is InChI=1S/C51H79NO12S/c1-30-16-12-11-13-17-31(2)44(65-10)28-38-21-19-36(7)51(60,64-38)48(57)49(58)52-23-15-14-18-39(52)50(59)63-42(33(4)26-37-20-22-40(53)43(27-37)61-8)29-41(54)32(3)25-35(6)46(56)47(62-9)45(55)34(5)24-30/h11-13,16-17,25,30,32-34,36-40,42-44,46-47,53,56,60H,14-15,18-24,26-29H2,1-10H3/b13-11+,16-12+,31-17+,35-25+/t30-,32-,33-,34-,36-,37+,38+,39+,40-,42+,43-,44?,46-,47?,51-/m1/s1. The Morgan fingerprint density at radius 3 is 2.29 bits per heavy atom. The first-order valence-corrected chi connectivity index (χ1v) is 25.2. The number of hydrogen-bond acceptors (Lipinski definition) is 13. The fourth-order valence-electron chi connectivity index (χ4n) is 10.1. The largest absolute Gasteiger partial charge is 0.460 e. The molecule has 2 unspecified atom stereocenters. The van der Waals surface area contributed by atoms with E-state index in [2.05, 4.69) is 0 Å². The molecular weight excluding hydrogens is 851 g/mol. The van der Waals surface area contributed by atoms with E-state index in [1.165, 1.54) is 12.0 Å². The monoisotopic (exact) mass is 930 g/mol. The minimum atomic E-state index is -2.38. The predicted octanol–water partition coefficient (Wildman–Crippen LogP) is 6.90. The summed E-state index contributed by atoms with van der Waals surface area (Å²) < 4.78 is 23.6. The zero-order chi connectivity index (χ0) is 48.2. The van der Waals surface area contributed by atoms with Gasteiger partial charge in [0.2, 0.25) is 5.79 Å². The number of aliphatic hydroxyl groups excluding tert-OH is 2. The van der Waals surface area contributed by atoms with Gasteiger partial charge in [0.05, 0.1) is 18.3 Å². The molecule has 366 valence electrons. The van der Waals surface area contributed by atoms with Crippen molar-refractivity contribution in [3.05, 3.63) is 47.6 Å². The first-order valence-electron chi connectivity index (χ1n) is 23.9. The number of piperidine rings is 1. The van der Waals surface area contributed by atoms with Gasteiger partial charge in [0.25, 0.3) is 11.7 Å². The molecule has 0 aromatic carbocycles. The van der Waals surface area contributed by atoms with Crippen molar-refractivity contribution in [1.29, 1.82) is 0 Å². The van der Waals surface area contributed by atoms with E-state index in [0.717, 1.165) is 12.0 Å². The molecule has 65 heavy (non-hydrogen) atoms. The summed E-state index contributed by atoms with van der Waals surface area (Å²) in [6, 6.07) is -1.12. The minimum absolute atomic E-state index is 0.000885. The number of rotatable bonds is 6. The lowest BCUT2D eigenvalue weighted by atomic mass is 9.78. The third-order valence-electron chi connectivity index (χ3n) is 14.5. The normalized spacial score (nSPS) is 40.4. The smallest absolute Gasteiger partial charge is 0.329 e. The molecule has 0 spiro atoms. The van der Waals surface area contributed by atoms with E-state index in [-0.39, 0.29) is 60.1 Å². The summed E-state index contributed by atoms with van der Waals surface area (Å²) in [6.45, 7) is 12.9. The second kappa shape index (κ2) is 25.4. The molecule has 14 heteroatoms. The predicted molar refractivity (Wildman–Crippen MR) is 252 cm³/mol. The van der Waals surface area contributed by atoms with Crippen molar-refractivity contribution in [1.82, 2.24) is 4.90 Å². The lowest BCUT2D eigenvalue weighted by Gasteiger charge is -2.42. The highest BCUT2D eigenvalue weighted by molar-refractivity contribution is 7.99. The topological polar surface area (TPSA) is 186 Å². The molecule has 2 bridgehead atoms. The van der Waals surface area contributed by atoms with E-state index < -0.39 is 77.8 Å². The number of Topliss-reactive ketones (excluding diaryl/α,β-unsaturated/α-hetero) is 3. The molecule has 4 aliphatic rings. The number of carbonyl (C=O) groups excluding carboxylic acids is 5. The van der Waals surface area contributed by atoms with Gasteiger partial charge in [0.1, 0.15) is 30.1 Å². The van der Waals surface area contributed by atoms with Crippen molar-refractivity contribution in [2.75, 3.05) is 27.0 Å². The highest BCUT2D eigenvalue weighted by Gasteiger charge is 2.53. The first-order chi connectivity index (χ1) is 30.7. The average Bonchev–Trinajstić information content (AvgIpc) is 3.28. The highest BCUT2D eigenvalue weighted by Crippen LogP contribution is 2.38. The van der Waals surface area contributed by atoms with Gasteiger partial charge in [0, 0.05) is 50.2 Å². The van der Waals surface area contributed by atoms with Crippen molar-refractivity contribution < 1.29 is 58.2 Å². The van der Waals surface area contributed by atoms with Crippen LogP contribution in [0.5, 0.6) is 0 Å². The molecule has 3 fully saturated rings. The molecule has 0 aromatic rings. The Bertz CT molecular complexity index is 1760. The number of nitrogens with zero attached hydrogens (tertiary/aromatic N) is 1. The number of thioether (sulfide) groups is 1. The van der Waals surface area contributed by atoms with Crippen LogP contribution < -0.4 is 0 Å². The van der Waals surface area contributed by atoms with Crippen LogP contribution in [0.4, 0.5) is 0 Å². The lowest BCUT2D eigenvalue weighted by Crippen LogP contribution is -2.60. The highest BCUT2D eigenvalue weighted by atomic mass is 32.2. The molecule has 13 nitrogen and oxygen atoms in total. The zero-order valence-corrected chi connectivity index (χ0v) is 41.4. The van der Waals surface area contributed by atoms with E-state index in [1.54, 1.807) is 45.7 Å². The first kappa shape index (κ1) is 54.6. The van der Waals surface area contributed by atoms with E-state index in [1.807, 2.05) is 64.3 Å². The van der Waals surface area contributed by atoms with Crippen LogP contribution in [0.2, 0.25) is 0 Å². The summed E-state index contributed by atoms with van der Waals surface area (Å²) in [5.41, 5.74) is 1.46. The van der Waals surface area contributed by atoms with Gasteiger partial charge in [-0.05, 0) is 114 Å². The number of cyclic esters (lactones) is 1. The summed E-state index contributed by atoms with van der Waals surface area (Å²) in [5, 5.41) is 33.9. The maximum atomic E-state index is 14.4. The van der Waals surface area contributed by atoms with Crippen LogP contribution in [-0.2, 0) is 42.9 Å². The van der Waals surface area contributed by atoms with E-state index in [9.17, 15) is 39.3 Å². The Morgan fingerprint density at radius 1 is 0.892 bits per heavy atom. The molecule has 3 heterocycles. The number of methoxy groups -OCH3 is 2. The molecule has 3 aliphatic heterocycles. The number of hydrogen-bond donors (Lipinski definition) is 3. The van der Waals surface area contributed by atoms with Crippen molar-refractivity contribution >= 4 is 41.0 Å². The molecular formula is C51H79NO12S. The Kier molecular flexibility index (Phi) is 21.3. The summed E-state index contributed by atoms with van der Waals surface area (Å²) in [7, 11) is 2.96. The van der Waals surface area contributed by atoms with Crippen molar-refractivity contribution in [2.45, 2.75) is 179 Å². The Hall–Kier alpha value is -2.98. The lowest BCUT2D eigenvalue weighted by molar-refractivity contribution is -0.263. The molecule has 1 aliphatic carbocycles. The maximum absolute atomic E-state index is 14.4. The van der Waals surface area contributed by atoms with Gasteiger partial charge >= 0.3 is 5.97 Å². The van der Waals surface area contributed by atoms with Gasteiger partial charge in [-0.2, -0.15) is 11.8 Å². The van der Waals surface area contributed by atoms with Crippen LogP contribution >= 0.6 is 11.8 Å². The molecule has 3 N–H and O–H groups in total. The van der Waals surface area contributed by atoms with Crippen LogP contribution in [0.1, 0.15) is 126 Å². The number of fused-ring (bicyclic) bond motifs is 3. The summed E-state index contributed by atoms with van der Waals surface area (Å²) in [5.74, 6) is -7.73. The van der Waals surface area contributed by atoms with Crippen molar-refractivity contribution in [3.63, 3.8) is 0 Å². The molecule has 1 saturated carbocycles. The number of amides is 1. The van der Waals surface area contributed by atoms with Crippen LogP contribution in [0.15, 0.2) is 47.6 Å². The maximum Gasteiger partial charge on any atom is 0.329 e. The summed E-state index contributed by atoms with van der Waals surface area (Å²) >= 11 is 1.63. The second-order valence-electron chi connectivity index (χ2n) is 19.6. The van der Waals surface area contributed by atoms with Gasteiger partial charge in [0.15, 0.2) is 5.78 Å². The number of ether oxygens (including phenoxy) is 4. The van der Waals surface area contributed by atoms with Crippen LogP contribution in [0.3, 0.4) is 0 Å². The second-order valence-corrected chi connectivity index (χ2v) is 20.6. The fraction of sp³-hybridized carbons (Fsp3) is 0.745. The minimum Gasteiger partial charge on any atom is -0.460 e. The van der Waals surface area contributed by atoms with E-state index >= 15 is 0 Å². The number of ketones is 3. The zero-order valence-electron chi connectivity index (χ0n) is 40.6. The average molecular weight is 930 g/mol. The number of esters is 1. The molecule has 4 rings (SSSR count). The number of carbonyl (C=O) groups is 5.